The molecule has 0 radical (unpaired) electrons. The lowest BCUT2D eigenvalue weighted by Crippen LogP contribution is -2.48. The van der Waals surface area contributed by atoms with Crippen LogP contribution < -0.4 is 15.4 Å². The fraction of sp³-hybridized carbons (Fsp3) is 0.500. The summed E-state index contributed by atoms with van der Waals surface area (Å²) >= 11 is 0. The zero-order valence-corrected chi connectivity index (χ0v) is 20.5. The third-order valence-corrected chi connectivity index (χ3v) is 7.43. The van der Waals surface area contributed by atoms with Crippen molar-refractivity contribution in [2.75, 3.05) is 25.1 Å². The SMILES string of the molecule is C[C@H](NC(=O)C[C@@H]1C[C@@H]2c3cc(ccc3OC3CCOCC3)NC(=O)[C@@H]2[C@H](CO)O1)c1ccccc1. The molecule has 3 aliphatic heterocycles. The van der Waals surface area contributed by atoms with Crippen LogP contribution in [0.5, 0.6) is 5.75 Å². The quantitative estimate of drug-likeness (QED) is 0.545. The first-order valence-electron chi connectivity index (χ1n) is 12.8. The van der Waals surface area contributed by atoms with E-state index in [9.17, 15) is 14.7 Å². The van der Waals surface area contributed by atoms with Gasteiger partial charge in [-0.3, -0.25) is 9.59 Å². The highest BCUT2D eigenvalue weighted by Crippen LogP contribution is 2.46. The van der Waals surface area contributed by atoms with E-state index in [2.05, 4.69) is 10.6 Å². The number of nitrogens with one attached hydrogen (secondary N) is 2. The van der Waals surface area contributed by atoms with Gasteiger partial charge in [0, 0.05) is 30.0 Å². The zero-order chi connectivity index (χ0) is 25.1. The van der Waals surface area contributed by atoms with E-state index in [1.165, 1.54) is 0 Å². The molecule has 36 heavy (non-hydrogen) atoms. The van der Waals surface area contributed by atoms with Crippen molar-refractivity contribution in [2.24, 2.45) is 5.92 Å². The molecule has 0 spiro atoms. The van der Waals surface area contributed by atoms with Crippen LogP contribution in [0.15, 0.2) is 48.5 Å². The van der Waals surface area contributed by atoms with Crippen molar-refractivity contribution in [3.63, 3.8) is 0 Å². The van der Waals surface area contributed by atoms with Gasteiger partial charge in [0.15, 0.2) is 0 Å². The van der Waals surface area contributed by atoms with Gasteiger partial charge >= 0.3 is 0 Å². The van der Waals surface area contributed by atoms with Crippen molar-refractivity contribution in [1.29, 1.82) is 0 Å². The molecule has 5 rings (SSSR count). The highest BCUT2D eigenvalue weighted by Gasteiger charge is 2.46. The number of aliphatic hydroxyl groups excluding tert-OH is 1. The monoisotopic (exact) mass is 494 g/mol. The second-order valence-corrected chi connectivity index (χ2v) is 9.92. The van der Waals surface area contributed by atoms with Gasteiger partial charge < -0.3 is 30.0 Å². The van der Waals surface area contributed by atoms with Gasteiger partial charge in [0.05, 0.1) is 50.4 Å². The van der Waals surface area contributed by atoms with E-state index in [0.717, 1.165) is 29.7 Å². The van der Waals surface area contributed by atoms with Crippen molar-refractivity contribution in [3.8, 4) is 5.75 Å². The molecule has 5 atom stereocenters. The van der Waals surface area contributed by atoms with Crippen LogP contribution in [0.1, 0.15) is 55.7 Å². The highest BCUT2D eigenvalue weighted by atomic mass is 16.5. The van der Waals surface area contributed by atoms with Crippen LogP contribution in [-0.2, 0) is 19.1 Å². The van der Waals surface area contributed by atoms with Crippen molar-refractivity contribution < 1.29 is 28.9 Å². The van der Waals surface area contributed by atoms with Gasteiger partial charge in [-0.1, -0.05) is 30.3 Å². The zero-order valence-electron chi connectivity index (χ0n) is 20.5. The molecule has 0 saturated carbocycles. The molecule has 3 aliphatic rings. The van der Waals surface area contributed by atoms with Crippen LogP contribution in [0.2, 0.25) is 0 Å². The second-order valence-electron chi connectivity index (χ2n) is 9.92. The third-order valence-electron chi connectivity index (χ3n) is 7.43. The number of carbonyl (C=O) groups excluding carboxylic acids is 2. The van der Waals surface area contributed by atoms with Gasteiger partial charge in [0.2, 0.25) is 11.8 Å². The number of ether oxygens (including phenoxy) is 3. The Morgan fingerprint density at radius 1 is 1.19 bits per heavy atom. The Balaban J connectivity index is 1.35. The molecule has 2 aromatic rings. The fourth-order valence-corrected chi connectivity index (χ4v) is 5.59. The van der Waals surface area contributed by atoms with Crippen molar-refractivity contribution in [1.82, 2.24) is 5.32 Å². The van der Waals surface area contributed by atoms with Gasteiger partial charge in [-0.05, 0) is 37.1 Å². The van der Waals surface area contributed by atoms with E-state index in [1.54, 1.807) is 0 Å². The van der Waals surface area contributed by atoms with Crippen LogP contribution in [0.4, 0.5) is 5.69 Å². The van der Waals surface area contributed by atoms with E-state index in [4.69, 9.17) is 14.2 Å². The topological polar surface area (TPSA) is 106 Å². The highest BCUT2D eigenvalue weighted by molar-refractivity contribution is 5.95. The fourth-order valence-electron chi connectivity index (χ4n) is 5.59. The summed E-state index contributed by atoms with van der Waals surface area (Å²) in [5.41, 5.74) is 2.65. The number of hydrogen-bond acceptors (Lipinski definition) is 6. The Morgan fingerprint density at radius 2 is 1.97 bits per heavy atom. The van der Waals surface area contributed by atoms with Gasteiger partial charge in [-0.15, -0.1) is 0 Å². The molecule has 8 nitrogen and oxygen atoms in total. The minimum Gasteiger partial charge on any atom is -0.490 e. The molecule has 2 aromatic carbocycles. The third kappa shape index (κ3) is 5.40. The molecule has 192 valence electrons. The van der Waals surface area contributed by atoms with Crippen LogP contribution in [-0.4, -0.2) is 55.1 Å². The Hall–Kier alpha value is -2.94. The molecule has 3 N–H and O–H groups in total. The molecule has 2 fully saturated rings. The van der Waals surface area contributed by atoms with E-state index in [-0.39, 0.29) is 42.9 Å². The first kappa shape index (κ1) is 24.7. The largest absolute Gasteiger partial charge is 0.490 e. The molecule has 0 aromatic heterocycles. The first-order valence-corrected chi connectivity index (χ1v) is 12.8. The van der Waals surface area contributed by atoms with E-state index in [1.807, 2.05) is 55.5 Å². The Labute approximate surface area is 211 Å². The Kier molecular flexibility index (Phi) is 7.55. The summed E-state index contributed by atoms with van der Waals surface area (Å²) in [5.74, 6) is -0.376. The molecule has 0 aliphatic carbocycles. The van der Waals surface area contributed by atoms with E-state index in [0.29, 0.717) is 25.3 Å². The molecular weight excluding hydrogens is 460 g/mol. The molecule has 2 saturated heterocycles. The Bertz CT molecular complexity index is 1070. The molecule has 0 unspecified atom stereocenters. The van der Waals surface area contributed by atoms with Crippen LogP contribution in [0, 0.1) is 5.92 Å². The number of amides is 2. The number of fused-ring (bicyclic) bond motifs is 4. The lowest BCUT2D eigenvalue weighted by Gasteiger charge is -2.40. The lowest BCUT2D eigenvalue weighted by atomic mass is 9.76. The number of benzene rings is 2. The van der Waals surface area contributed by atoms with Gasteiger partial charge in [-0.25, -0.2) is 0 Å². The predicted molar refractivity (Wildman–Crippen MR) is 134 cm³/mol. The standard InChI is InChI=1S/C28H34N2O6/c1-17(18-5-3-2-4-6-18)29-26(32)15-21-14-23-22-13-19(30-28(33)27(23)25(16-31)36-21)7-8-24(22)35-20-9-11-34-12-10-20/h2-8,13,17,20-21,23,25,27,31H,9-12,14-16H2,1H3,(H,29,32)(H,30,33)/t17-,21-,23+,25-,27-/m0/s1. The normalized spacial score (nSPS) is 26.8. The smallest absolute Gasteiger partial charge is 0.230 e. The van der Waals surface area contributed by atoms with Crippen molar-refractivity contribution in [2.45, 2.75) is 62.9 Å². The summed E-state index contributed by atoms with van der Waals surface area (Å²) in [7, 11) is 0. The maximum absolute atomic E-state index is 13.2. The molecular formula is C28H34N2O6. The predicted octanol–water partition coefficient (Wildman–Crippen LogP) is 3.31. The number of anilines is 1. The molecule has 3 heterocycles. The van der Waals surface area contributed by atoms with Crippen molar-refractivity contribution >= 4 is 17.5 Å². The molecule has 2 amide bonds. The average Bonchev–Trinajstić information content (AvgIpc) is 3.00. The lowest BCUT2D eigenvalue weighted by molar-refractivity contribution is -0.148. The van der Waals surface area contributed by atoms with Crippen molar-refractivity contribution in [3.05, 3.63) is 59.7 Å². The summed E-state index contributed by atoms with van der Waals surface area (Å²) in [6.07, 6.45) is 1.17. The van der Waals surface area contributed by atoms with E-state index >= 15 is 0 Å². The Morgan fingerprint density at radius 3 is 2.72 bits per heavy atom. The maximum Gasteiger partial charge on any atom is 0.230 e. The number of hydrogen-bond donors (Lipinski definition) is 3. The minimum absolute atomic E-state index is 0.0562. The minimum atomic E-state index is -0.710. The van der Waals surface area contributed by atoms with Gasteiger partial charge in [0.1, 0.15) is 11.9 Å². The second kappa shape index (κ2) is 11.0. The van der Waals surface area contributed by atoms with Gasteiger partial charge in [-0.2, -0.15) is 0 Å². The molecule has 8 heteroatoms. The van der Waals surface area contributed by atoms with Crippen LogP contribution in [0.25, 0.3) is 0 Å². The van der Waals surface area contributed by atoms with Crippen LogP contribution in [0.3, 0.4) is 0 Å². The first-order chi connectivity index (χ1) is 17.5. The summed E-state index contributed by atoms with van der Waals surface area (Å²) in [5, 5.41) is 16.2. The molecule has 2 bridgehead atoms. The number of aliphatic hydroxyl groups is 1. The summed E-state index contributed by atoms with van der Waals surface area (Å²) in [6, 6.07) is 15.4. The van der Waals surface area contributed by atoms with Gasteiger partial charge in [0.25, 0.3) is 0 Å². The summed E-state index contributed by atoms with van der Waals surface area (Å²) in [4.78, 5) is 26.1. The summed E-state index contributed by atoms with van der Waals surface area (Å²) < 4.78 is 18.0. The summed E-state index contributed by atoms with van der Waals surface area (Å²) in [6.45, 7) is 2.98. The van der Waals surface area contributed by atoms with E-state index < -0.39 is 18.1 Å². The average molecular weight is 495 g/mol. The number of rotatable bonds is 7. The number of carbonyl (C=O) groups is 2. The van der Waals surface area contributed by atoms with Crippen LogP contribution >= 0.6 is 0 Å². The maximum atomic E-state index is 13.2.